The first-order valence-electron chi connectivity index (χ1n) is 12.8. The van der Waals surface area contributed by atoms with E-state index in [9.17, 15) is 4.39 Å². The van der Waals surface area contributed by atoms with Crippen LogP contribution in [0.1, 0.15) is 18.4 Å². The summed E-state index contributed by atoms with van der Waals surface area (Å²) in [6.45, 7) is 9.12. The minimum atomic E-state index is -0.257. The molecule has 3 aliphatic heterocycles. The lowest BCUT2D eigenvalue weighted by Gasteiger charge is -2.46. The summed E-state index contributed by atoms with van der Waals surface area (Å²) < 4.78 is 30.9. The molecule has 3 aliphatic rings. The Hall–Kier alpha value is -2.68. The van der Waals surface area contributed by atoms with Crippen LogP contribution in [0.2, 0.25) is 0 Å². The number of anilines is 1. The van der Waals surface area contributed by atoms with Gasteiger partial charge < -0.3 is 18.9 Å². The SMILES string of the molecule is Fc1ccc2onc(N3CCN4CC(COc5cccc(CN6CCOCC6)c5)CCC4C3)c2c1. The van der Waals surface area contributed by atoms with Gasteiger partial charge in [-0.15, -0.1) is 0 Å². The highest BCUT2D eigenvalue weighted by Crippen LogP contribution is 2.32. The Bertz CT molecular complexity index is 1150. The predicted molar refractivity (Wildman–Crippen MR) is 132 cm³/mol. The average Bonchev–Trinajstić information content (AvgIpc) is 3.31. The summed E-state index contributed by atoms with van der Waals surface area (Å²) in [7, 11) is 0. The summed E-state index contributed by atoms with van der Waals surface area (Å²) in [5, 5.41) is 5.02. The van der Waals surface area contributed by atoms with E-state index < -0.39 is 0 Å². The Morgan fingerprint density at radius 1 is 1.00 bits per heavy atom. The van der Waals surface area contributed by atoms with Crippen molar-refractivity contribution < 1.29 is 18.4 Å². The van der Waals surface area contributed by atoms with Gasteiger partial charge in [0.1, 0.15) is 11.6 Å². The van der Waals surface area contributed by atoms with Gasteiger partial charge >= 0.3 is 0 Å². The second-order valence-electron chi connectivity index (χ2n) is 10.0. The Morgan fingerprint density at radius 2 is 1.91 bits per heavy atom. The number of piperazine rings is 1. The van der Waals surface area contributed by atoms with Crippen LogP contribution in [0.3, 0.4) is 0 Å². The highest BCUT2D eigenvalue weighted by molar-refractivity contribution is 5.88. The maximum Gasteiger partial charge on any atom is 0.180 e. The standard InChI is InChI=1S/C27H33FN4O3/c28-22-5-7-26-25(15-22)27(29-35-26)32-9-8-31-17-21(4-6-23(31)18-32)19-34-24-3-1-2-20(14-24)16-30-10-12-33-13-11-30/h1-3,5,7,14-15,21,23H,4,6,8-13,16-19H2. The fourth-order valence-corrected chi connectivity index (χ4v) is 5.68. The molecule has 35 heavy (non-hydrogen) atoms. The average molecular weight is 481 g/mol. The third-order valence-corrected chi connectivity index (χ3v) is 7.61. The lowest BCUT2D eigenvalue weighted by Crippen LogP contribution is -2.57. The van der Waals surface area contributed by atoms with Crippen molar-refractivity contribution in [2.24, 2.45) is 5.92 Å². The van der Waals surface area contributed by atoms with E-state index in [1.165, 1.54) is 17.7 Å². The van der Waals surface area contributed by atoms with E-state index >= 15 is 0 Å². The summed E-state index contributed by atoms with van der Waals surface area (Å²) >= 11 is 0. The van der Waals surface area contributed by atoms with E-state index in [1.807, 2.05) is 0 Å². The summed E-state index contributed by atoms with van der Waals surface area (Å²) in [5.74, 6) is 2.00. The number of benzene rings is 2. The number of aromatic nitrogens is 1. The van der Waals surface area contributed by atoms with Gasteiger partial charge in [0, 0.05) is 57.8 Å². The Labute approximate surface area is 205 Å². The van der Waals surface area contributed by atoms with Gasteiger partial charge in [-0.1, -0.05) is 17.3 Å². The van der Waals surface area contributed by atoms with Gasteiger partial charge in [0.05, 0.1) is 25.2 Å². The van der Waals surface area contributed by atoms with Crippen molar-refractivity contribution >= 4 is 16.8 Å². The third-order valence-electron chi connectivity index (χ3n) is 7.61. The molecule has 3 aromatic rings. The lowest BCUT2D eigenvalue weighted by molar-refractivity contribution is 0.0341. The molecule has 0 bridgehead atoms. The van der Waals surface area contributed by atoms with Crippen LogP contribution in [0.4, 0.5) is 10.2 Å². The third kappa shape index (κ3) is 5.15. The molecule has 1 aromatic heterocycles. The van der Waals surface area contributed by atoms with Gasteiger partial charge in [-0.05, 0) is 48.7 Å². The molecular weight excluding hydrogens is 447 g/mol. The van der Waals surface area contributed by atoms with Crippen LogP contribution in [0.15, 0.2) is 47.0 Å². The van der Waals surface area contributed by atoms with Crippen LogP contribution in [-0.2, 0) is 11.3 Å². The minimum Gasteiger partial charge on any atom is -0.493 e. The van der Waals surface area contributed by atoms with Crippen LogP contribution in [0.25, 0.3) is 11.0 Å². The number of ether oxygens (including phenoxy) is 2. The zero-order valence-electron chi connectivity index (χ0n) is 20.1. The van der Waals surface area contributed by atoms with Crippen molar-refractivity contribution in [3.8, 4) is 5.75 Å². The van der Waals surface area contributed by atoms with Gasteiger partial charge in [0.2, 0.25) is 0 Å². The molecule has 2 atom stereocenters. The van der Waals surface area contributed by atoms with Crippen molar-refractivity contribution in [3.63, 3.8) is 0 Å². The molecule has 0 spiro atoms. The maximum atomic E-state index is 13.8. The van der Waals surface area contributed by atoms with E-state index in [0.29, 0.717) is 17.5 Å². The van der Waals surface area contributed by atoms with Crippen molar-refractivity contribution in [2.75, 3.05) is 64.0 Å². The molecule has 8 heteroatoms. The van der Waals surface area contributed by atoms with Crippen molar-refractivity contribution in [2.45, 2.75) is 25.4 Å². The van der Waals surface area contributed by atoms with Gasteiger partial charge in [-0.2, -0.15) is 0 Å². The molecule has 0 aliphatic carbocycles. The monoisotopic (exact) mass is 480 g/mol. The first-order chi connectivity index (χ1) is 17.2. The topological polar surface area (TPSA) is 54.2 Å². The fourth-order valence-electron chi connectivity index (χ4n) is 5.68. The van der Waals surface area contributed by atoms with E-state index in [4.69, 9.17) is 14.0 Å². The summed E-state index contributed by atoms with van der Waals surface area (Å²) in [4.78, 5) is 7.27. The summed E-state index contributed by atoms with van der Waals surface area (Å²) in [6.07, 6.45) is 2.28. The Kier molecular flexibility index (Phi) is 6.59. The Balaban J connectivity index is 1.02. The van der Waals surface area contributed by atoms with Crippen LogP contribution in [0, 0.1) is 11.7 Å². The van der Waals surface area contributed by atoms with Gasteiger partial charge in [0.25, 0.3) is 0 Å². The van der Waals surface area contributed by atoms with Crippen molar-refractivity contribution in [1.82, 2.24) is 15.0 Å². The van der Waals surface area contributed by atoms with E-state index in [0.717, 1.165) is 95.4 Å². The quantitative estimate of drug-likeness (QED) is 0.532. The summed E-state index contributed by atoms with van der Waals surface area (Å²) in [6, 6.07) is 13.6. The maximum absolute atomic E-state index is 13.8. The van der Waals surface area contributed by atoms with E-state index in [-0.39, 0.29) is 5.82 Å². The molecule has 3 fully saturated rings. The van der Waals surface area contributed by atoms with Crippen molar-refractivity contribution in [3.05, 3.63) is 53.8 Å². The van der Waals surface area contributed by atoms with E-state index in [1.54, 1.807) is 6.07 Å². The normalized spacial score (nSPS) is 24.0. The molecule has 0 saturated carbocycles. The molecular formula is C27H33FN4O3. The first-order valence-corrected chi connectivity index (χ1v) is 12.8. The van der Waals surface area contributed by atoms with Crippen LogP contribution in [-0.4, -0.2) is 80.1 Å². The first kappa shape index (κ1) is 22.8. The molecule has 186 valence electrons. The molecule has 0 amide bonds. The molecule has 0 N–H and O–H groups in total. The number of fused-ring (bicyclic) bond motifs is 2. The molecule has 7 nitrogen and oxygen atoms in total. The summed E-state index contributed by atoms with van der Waals surface area (Å²) in [5.41, 5.74) is 1.93. The molecule has 4 heterocycles. The highest BCUT2D eigenvalue weighted by Gasteiger charge is 2.34. The fraction of sp³-hybridized carbons (Fsp3) is 0.519. The number of hydrogen-bond donors (Lipinski definition) is 0. The minimum absolute atomic E-state index is 0.257. The predicted octanol–water partition coefficient (Wildman–Crippen LogP) is 3.78. The molecule has 0 radical (unpaired) electrons. The number of hydrogen-bond acceptors (Lipinski definition) is 7. The van der Waals surface area contributed by atoms with Crippen LogP contribution >= 0.6 is 0 Å². The van der Waals surface area contributed by atoms with Crippen LogP contribution < -0.4 is 9.64 Å². The number of nitrogens with zero attached hydrogens (tertiary/aromatic N) is 4. The Morgan fingerprint density at radius 3 is 2.83 bits per heavy atom. The van der Waals surface area contributed by atoms with Gasteiger partial charge in [-0.3, -0.25) is 9.80 Å². The second-order valence-corrected chi connectivity index (χ2v) is 10.0. The van der Waals surface area contributed by atoms with Gasteiger partial charge in [-0.25, -0.2) is 4.39 Å². The lowest BCUT2D eigenvalue weighted by atomic mass is 9.91. The number of piperidine rings is 1. The number of rotatable bonds is 6. The highest BCUT2D eigenvalue weighted by atomic mass is 19.1. The number of halogens is 1. The van der Waals surface area contributed by atoms with Crippen LogP contribution in [0.5, 0.6) is 5.75 Å². The number of morpholine rings is 1. The largest absolute Gasteiger partial charge is 0.493 e. The smallest absolute Gasteiger partial charge is 0.180 e. The zero-order chi connectivity index (χ0) is 23.6. The molecule has 3 saturated heterocycles. The van der Waals surface area contributed by atoms with E-state index in [2.05, 4.69) is 44.1 Å². The molecule has 2 aromatic carbocycles. The molecule has 6 rings (SSSR count). The second kappa shape index (κ2) is 10.1. The van der Waals surface area contributed by atoms with Gasteiger partial charge in [0.15, 0.2) is 11.4 Å². The zero-order valence-corrected chi connectivity index (χ0v) is 20.1. The van der Waals surface area contributed by atoms with Crippen molar-refractivity contribution in [1.29, 1.82) is 0 Å². The molecule has 2 unspecified atom stereocenters.